The maximum absolute atomic E-state index is 13.7. The molecule has 1 atom stereocenters. The molecule has 0 aliphatic carbocycles. The molecule has 28 heavy (non-hydrogen) atoms. The predicted molar refractivity (Wildman–Crippen MR) is 114 cm³/mol. The molecule has 0 radical (unpaired) electrons. The van der Waals surface area contributed by atoms with E-state index in [1.165, 1.54) is 0 Å². The molecule has 2 heterocycles. The molecule has 0 spiro atoms. The Hall–Kier alpha value is -1.57. The smallest absolute Gasteiger partial charge is 0.258 e. The number of nitrogens with one attached hydrogen (secondary N) is 1. The number of hydrogen-bond donors (Lipinski definition) is 1. The summed E-state index contributed by atoms with van der Waals surface area (Å²) in [6, 6.07) is 5.91. The lowest BCUT2D eigenvalue weighted by molar-refractivity contribution is 0.111. The van der Waals surface area contributed by atoms with Gasteiger partial charge in [-0.25, -0.2) is 13.8 Å². The van der Waals surface area contributed by atoms with E-state index in [-0.39, 0.29) is 23.2 Å². The highest BCUT2D eigenvalue weighted by atomic mass is 35.5. The van der Waals surface area contributed by atoms with Crippen LogP contribution in [0, 0.1) is 0 Å². The second-order valence-electron chi connectivity index (χ2n) is 8.25. The summed E-state index contributed by atoms with van der Waals surface area (Å²) in [6.45, 7) is 10.9. The van der Waals surface area contributed by atoms with E-state index in [0.717, 1.165) is 0 Å². The topological polar surface area (TPSA) is 47.0 Å². The number of rotatable bonds is 8. The molecule has 2 aromatic rings. The Bertz CT molecular complexity index is 770. The molecule has 154 valence electrons. The molecule has 0 aliphatic rings. The van der Waals surface area contributed by atoms with E-state index in [2.05, 4.69) is 49.1 Å². The number of nitrogens with zero attached hydrogens (tertiary/aromatic N) is 2. The van der Waals surface area contributed by atoms with Gasteiger partial charge in [0.2, 0.25) is 0 Å². The number of alkyl halides is 2. The van der Waals surface area contributed by atoms with Crippen LogP contribution in [0.3, 0.4) is 0 Å². The molecule has 0 saturated carbocycles. The molecule has 4 nitrogen and oxygen atoms in total. The highest BCUT2D eigenvalue weighted by Crippen LogP contribution is 2.37. The van der Waals surface area contributed by atoms with Gasteiger partial charge < -0.3 is 9.74 Å². The van der Waals surface area contributed by atoms with Gasteiger partial charge >= 0.3 is 0 Å². The van der Waals surface area contributed by atoms with Gasteiger partial charge in [-0.1, -0.05) is 38.4 Å². The molecular weight excluding hydrogens is 400 g/mol. The fourth-order valence-corrected chi connectivity index (χ4v) is 3.61. The van der Waals surface area contributed by atoms with Gasteiger partial charge in [0.1, 0.15) is 5.15 Å². The quantitative estimate of drug-likeness (QED) is 0.399. The normalized spacial score (nSPS) is 13.6. The lowest BCUT2D eigenvalue weighted by atomic mass is 10.1. The molecule has 0 amide bonds. The number of aromatic nitrogens is 2. The number of hydrogen-bond acceptors (Lipinski definition) is 4. The molecule has 0 bridgehead atoms. The Morgan fingerprint density at radius 3 is 2.50 bits per heavy atom. The molecule has 1 N–H and O–H groups in total. The lowest BCUT2D eigenvalue weighted by Gasteiger charge is -2.36. The van der Waals surface area contributed by atoms with Crippen molar-refractivity contribution in [2.45, 2.75) is 57.8 Å². The lowest BCUT2D eigenvalue weighted by Crippen LogP contribution is -2.42. The van der Waals surface area contributed by atoms with Gasteiger partial charge in [-0.05, 0) is 42.8 Å². The van der Waals surface area contributed by atoms with Crippen molar-refractivity contribution < 1.29 is 13.2 Å². The molecule has 1 unspecified atom stereocenters. The van der Waals surface area contributed by atoms with E-state index in [1.54, 1.807) is 30.6 Å². The van der Waals surface area contributed by atoms with Crippen molar-refractivity contribution in [1.29, 1.82) is 0 Å². The van der Waals surface area contributed by atoms with Crippen LogP contribution in [-0.4, -0.2) is 37.4 Å². The van der Waals surface area contributed by atoms with Gasteiger partial charge in [-0.3, -0.25) is 4.98 Å². The summed E-state index contributed by atoms with van der Waals surface area (Å²) < 4.78 is 33.5. The Labute approximate surface area is 171 Å². The van der Waals surface area contributed by atoms with Crippen LogP contribution in [0.2, 0.25) is 23.3 Å². The SMILES string of the molecule is CC(C)(C)[Si](C)(C)OCCC(Nc1cc(Cl)ncc1-c1ccccn1)C(F)F. The molecule has 0 aliphatic heterocycles. The van der Waals surface area contributed by atoms with Gasteiger partial charge in [-0.2, -0.15) is 0 Å². The van der Waals surface area contributed by atoms with Crippen molar-refractivity contribution in [3.63, 3.8) is 0 Å². The number of anilines is 1. The zero-order valence-corrected chi connectivity index (χ0v) is 18.7. The summed E-state index contributed by atoms with van der Waals surface area (Å²) in [5, 5.41) is 3.19. The van der Waals surface area contributed by atoms with Gasteiger partial charge in [0.25, 0.3) is 6.43 Å². The third-order valence-electron chi connectivity index (χ3n) is 5.15. The molecular formula is C20H28ClF2N3OSi. The van der Waals surface area contributed by atoms with Gasteiger partial charge in [-0.15, -0.1) is 0 Å². The minimum absolute atomic E-state index is 0.0333. The maximum Gasteiger partial charge on any atom is 0.258 e. The van der Waals surface area contributed by atoms with Crippen LogP contribution in [0.15, 0.2) is 36.7 Å². The first kappa shape index (κ1) is 22.7. The van der Waals surface area contributed by atoms with Crippen LogP contribution in [0.1, 0.15) is 27.2 Å². The first-order valence-corrected chi connectivity index (χ1v) is 12.6. The van der Waals surface area contributed by atoms with Crippen molar-refractivity contribution in [3.05, 3.63) is 41.8 Å². The molecule has 0 saturated heterocycles. The Morgan fingerprint density at radius 2 is 1.93 bits per heavy atom. The summed E-state index contributed by atoms with van der Waals surface area (Å²) >= 11 is 6.00. The van der Waals surface area contributed by atoms with Crippen molar-refractivity contribution in [1.82, 2.24) is 9.97 Å². The summed E-state index contributed by atoms with van der Waals surface area (Å²) in [5.74, 6) is 0. The monoisotopic (exact) mass is 427 g/mol. The van der Waals surface area contributed by atoms with Crippen LogP contribution in [0.25, 0.3) is 11.3 Å². The first-order valence-electron chi connectivity index (χ1n) is 9.27. The minimum Gasteiger partial charge on any atom is -0.417 e. The van der Waals surface area contributed by atoms with E-state index in [4.69, 9.17) is 16.0 Å². The van der Waals surface area contributed by atoms with Crippen LogP contribution < -0.4 is 5.32 Å². The fourth-order valence-electron chi connectivity index (χ4n) is 2.39. The van der Waals surface area contributed by atoms with E-state index >= 15 is 0 Å². The van der Waals surface area contributed by atoms with Crippen molar-refractivity contribution in [3.8, 4) is 11.3 Å². The van der Waals surface area contributed by atoms with Crippen molar-refractivity contribution >= 4 is 25.6 Å². The molecule has 2 aromatic heterocycles. The van der Waals surface area contributed by atoms with E-state index in [9.17, 15) is 8.78 Å². The van der Waals surface area contributed by atoms with Gasteiger partial charge in [0, 0.05) is 30.3 Å². The van der Waals surface area contributed by atoms with E-state index < -0.39 is 20.8 Å². The first-order chi connectivity index (χ1) is 13.0. The van der Waals surface area contributed by atoms with Crippen molar-refractivity contribution in [2.75, 3.05) is 11.9 Å². The Morgan fingerprint density at radius 1 is 1.21 bits per heavy atom. The highest BCUT2D eigenvalue weighted by molar-refractivity contribution is 6.74. The molecule has 2 rings (SSSR count). The maximum atomic E-state index is 13.7. The predicted octanol–water partition coefficient (Wildman–Crippen LogP) is 6.25. The number of pyridine rings is 2. The second-order valence-corrected chi connectivity index (χ2v) is 13.4. The third kappa shape index (κ3) is 5.96. The fraction of sp³-hybridized carbons (Fsp3) is 0.500. The highest BCUT2D eigenvalue weighted by Gasteiger charge is 2.37. The van der Waals surface area contributed by atoms with E-state index in [1.807, 2.05) is 6.07 Å². The zero-order valence-electron chi connectivity index (χ0n) is 17.0. The average Bonchev–Trinajstić information content (AvgIpc) is 2.60. The second kappa shape index (κ2) is 9.28. The largest absolute Gasteiger partial charge is 0.417 e. The van der Waals surface area contributed by atoms with Crippen LogP contribution in [0.4, 0.5) is 14.5 Å². The molecule has 0 aromatic carbocycles. The van der Waals surface area contributed by atoms with E-state index in [0.29, 0.717) is 16.9 Å². The van der Waals surface area contributed by atoms with Gasteiger partial charge in [0.05, 0.1) is 11.7 Å². The van der Waals surface area contributed by atoms with Crippen LogP contribution in [0.5, 0.6) is 0 Å². The molecule has 0 fully saturated rings. The molecule has 8 heteroatoms. The third-order valence-corrected chi connectivity index (χ3v) is 9.90. The van der Waals surface area contributed by atoms with Gasteiger partial charge in [0.15, 0.2) is 8.32 Å². The Balaban J connectivity index is 2.16. The van der Waals surface area contributed by atoms with Crippen LogP contribution >= 0.6 is 11.6 Å². The summed E-state index contributed by atoms with van der Waals surface area (Å²) in [7, 11) is -1.98. The summed E-state index contributed by atoms with van der Waals surface area (Å²) in [6.07, 6.45) is 0.824. The minimum atomic E-state index is -2.55. The zero-order chi connectivity index (χ0) is 20.9. The average molecular weight is 428 g/mol. The summed E-state index contributed by atoms with van der Waals surface area (Å²) in [5.41, 5.74) is 1.75. The Kier molecular flexibility index (Phi) is 7.53. The summed E-state index contributed by atoms with van der Waals surface area (Å²) in [4.78, 5) is 8.35. The van der Waals surface area contributed by atoms with Crippen molar-refractivity contribution in [2.24, 2.45) is 0 Å². The number of halogens is 3. The standard InChI is InChI=1S/C20H28ClF2N3OSi/c1-20(2,3)28(4,5)27-11-9-16(19(22)23)26-17-12-18(21)25-13-14(17)15-8-6-7-10-24-15/h6-8,10,12-13,16,19H,9,11H2,1-5H3,(H,25,26). The van der Waals surface area contributed by atoms with Crippen LogP contribution in [-0.2, 0) is 4.43 Å².